The first-order valence-electron chi connectivity index (χ1n) is 13.8. The molecule has 0 spiro atoms. The van der Waals surface area contributed by atoms with Gasteiger partial charge in [0.25, 0.3) is 5.91 Å². The third-order valence-corrected chi connectivity index (χ3v) is 8.72. The highest BCUT2D eigenvalue weighted by molar-refractivity contribution is 9.10. The number of piperidine rings is 1. The van der Waals surface area contributed by atoms with E-state index >= 15 is 0 Å². The van der Waals surface area contributed by atoms with Gasteiger partial charge in [-0.25, -0.2) is 14.0 Å². The second-order valence-corrected chi connectivity index (χ2v) is 11.9. The molecule has 41 heavy (non-hydrogen) atoms. The molecule has 3 aliphatic rings. The van der Waals surface area contributed by atoms with Gasteiger partial charge in [-0.1, -0.05) is 39.4 Å². The van der Waals surface area contributed by atoms with E-state index in [1.807, 2.05) is 19.1 Å². The summed E-state index contributed by atoms with van der Waals surface area (Å²) >= 11 is 3.26. The highest BCUT2D eigenvalue weighted by Crippen LogP contribution is 2.39. The van der Waals surface area contributed by atoms with Crippen molar-refractivity contribution in [2.75, 3.05) is 18.0 Å². The molecular formula is C30H30BrFN6O3. The Kier molecular flexibility index (Phi) is 7.56. The van der Waals surface area contributed by atoms with E-state index in [1.54, 1.807) is 36.5 Å². The molecule has 3 aromatic rings. The van der Waals surface area contributed by atoms with E-state index in [-0.39, 0.29) is 41.4 Å². The van der Waals surface area contributed by atoms with Crippen LogP contribution in [0.25, 0.3) is 5.69 Å². The zero-order valence-electron chi connectivity index (χ0n) is 22.6. The summed E-state index contributed by atoms with van der Waals surface area (Å²) in [4.78, 5) is 42.9. The van der Waals surface area contributed by atoms with Gasteiger partial charge in [-0.3, -0.25) is 19.3 Å². The SMILES string of the molecule is Cc1ccc(C(=O)NC2CCN(Cc3cn(-c4ccc(Br)cc4F)nn3)CC2)cc1N1C(=O)C2CC=CCC2C1=O. The van der Waals surface area contributed by atoms with Crippen LogP contribution in [-0.2, 0) is 16.1 Å². The summed E-state index contributed by atoms with van der Waals surface area (Å²) < 4.78 is 16.4. The van der Waals surface area contributed by atoms with Gasteiger partial charge < -0.3 is 5.32 Å². The molecule has 6 rings (SSSR count). The number of aromatic nitrogens is 3. The second-order valence-electron chi connectivity index (χ2n) is 10.9. The van der Waals surface area contributed by atoms with E-state index in [9.17, 15) is 18.8 Å². The fourth-order valence-electron chi connectivity index (χ4n) is 5.92. The van der Waals surface area contributed by atoms with Crippen LogP contribution in [0.3, 0.4) is 0 Å². The molecule has 1 N–H and O–H groups in total. The molecule has 0 saturated carbocycles. The number of imide groups is 1. The van der Waals surface area contributed by atoms with E-state index < -0.39 is 0 Å². The first kappa shape index (κ1) is 27.5. The van der Waals surface area contributed by atoms with Crippen molar-refractivity contribution in [1.29, 1.82) is 0 Å². The number of rotatable bonds is 6. The minimum Gasteiger partial charge on any atom is -0.349 e. The van der Waals surface area contributed by atoms with Crippen molar-refractivity contribution in [3.05, 3.63) is 81.9 Å². The lowest BCUT2D eigenvalue weighted by molar-refractivity contribution is -0.122. The van der Waals surface area contributed by atoms with Crippen LogP contribution in [0.15, 0.2) is 59.2 Å². The van der Waals surface area contributed by atoms with Crippen LogP contribution in [-0.4, -0.2) is 56.7 Å². The smallest absolute Gasteiger partial charge is 0.251 e. The molecule has 11 heteroatoms. The summed E-state index contributed by atoms with van der Waals surface area (Å²) in [6.07, 6.45) is 8.34. The lowest BCUT2D eigenvalue weighted by Crippen LogP contribution is -2.44. The van der Waals surface area contributed by atoms with Gasteiger partial charge in [0.2, 0.25) is 11.8 Å². The highest BCUT2D eigenvalue weighted by atomic mass is 79.9. The first-order chi connectivity index (χ1) is 19.8. The fourth-order valence-corrected chi connectivity index (χ4v) is 6.25. The zero-order valence-corrected chi connectivity index (χ0v) is 24.2. The van der Waals surface area contributed by atoms with Crippen LogP contribution < -0.4 is 10.2 Å². The molecular weight excluding hydrogens is 591 g/mol. The molecule has 3 heterocycles. The van der Waals surface area contributed by atoms with E-state index in [0.29, 0.717) is 40.8 Å². The van der Waals surface area contributed by atoms with Gasteiger partial charge in [0.1, 0.15) is 11.5 Å². The van der Waals surface area contributed by atoms with Crippen molar-refractivity contribution in [3.63, 3.8) is 0 Å². The van der Waals surface area contributed by atoms with E-state index in [1.165, 1.54) is 15.6 Å². The Balaban J connectivity index is 1.05. The molecule has 212 valence electrons. The number of hydrogen-bond acceptors (Lipinski definition) is 6. The monoisotopic (exact) mass is 620 g/mol. The normalized spacial score (nSPS) is 21.4. The maximum absolute atomic E-state index is 14.3. The Morgan fingerprint density at radius 2 is 1.73 bits per heavy atom. The highest BCUT2D eigenvalue weighted by Gasteiger charge is 2.48. The quantitative estimate of drug-likeness (QED) is 0.325. The summed E-state index contributed by atoms with van der Waals surface area (Å²) in [6, 6.07) is 9.99. The van der Waals surface area contributed by atoms with Crippen molar-refractivity contribution in [1.82, 2.24) is 25.2 Å². The Bertz CT molecular complexity index is 1520. The maximum Gasteiger partial charge on any atom is 0.251 e. The number of nitrogens with one attached hydrogen (secondary N) is 1. The Hall–Kier alpha value is -3.70. The molecule has 2 unspecified atom stereocenters. The molecule has 1 aliphatic carbocycles. The summed E-state index contributed by atoms with van der Waals surface area (Å²) in [5.41, 5.74) is 2.78. The number of hydrogen-bond donors (Lipinski definition) is 1. The standard InChI is InChI=1S/C30H30BrFN6O3/c1-18-6-7-19(14-27(18)38-29(40)23-4-2-3-5-24(23)30(38)41)28(39)33-21-10-12-36(13-11-21)16-22-17-37(35-34-22)26-9-8-20(31)15-25(26)32/h2-3,6-9,14-15,17,21,23-24H,4-5,10-13,16H2,1H3,(H,33,39). The fraction of sp³-hybridized carbons (Fsp3) is 0.367. The number of nitrogens with zero attached hydrogens (tertiary/aromatic N) is 5. The number of carbonyl (C=O) groups is 3. The Morgan fingerprint density at radius 3 is 2.41 bits per heavy atom. The molecule has 2 atom stereocenters. The molecule has 0 radical (unpaired) electrons. The van der Waals surface area contributed by atoms with Crippen molar-refractivity contribution < 1.29 is 18.8 Å². The second kappa shape index (κ2) is 11.3. The van der Waals surface area contributed by atoms with Gasteiger partial charge in [0.05, 0.1) is 29.4 Å². The number of anilines is 1. The number of halogens is 2. The van der Waals surface area contributed by atoms with Crippen molar-refractivity contribution in [2.24, 2.45) is 11.8 Å². The molecule has 2 aliphatic heterocycles. The Labute approximate surface area is 245 Å². The van der Waals surface area contributed by atoms with Gasteiger partial charge >= 0.3 is 0 Å². The van der Waals surface area contributed by atoms with Crippen LogP contribution in [0, 0.1) is 24.6 Å². The topological polar surface area (TPSA) is 100 Å². The number of aryl methyl sites for hydroxylation is 1. The molecule has 9 nitrogen and oxygen atoms in total. The molecule has 2 saturated heterocycles. The number of benzene rings is 2. The van der Waals surface area contributed by atoms with Gasteiger partial charge in [0, 0.05) is 35.7 Å². The van der Waals surface area contributed by atoms with Gasteiger partial charge in [-0.05, 0) is 68.5 Å². The number of likely N-dealkylation sites (tertiary alicyclic amines) is 1. The van der Waals surface area contributed by atoms with Crippen LogP contribution in [0.5, 0.6) is 0 Å². The number of fused-ring (bicyclic) bond motifs is 1. The molecule has 3 amide bonds. The van der Waals surface area contributed by atoms with E-state index in [4.69, 9.17) is 0 Å². The third kappa shape index (κ3) is 5.48. The summed E-state index contributed by atoms with van der Waals surface area (Å²) in [6.45, 7) is 3.95. The third-order valence-electron chi connectivity index (χ3n) is 8.23. The van der Waals surface area contributed by atoms with Crippen LogP contribution in [0.2, 0.25) is 0 Å². The summed E-state index contributed by atoms with van der Waals surface area (Å²) in [7, 11) is 0. The number of allylic oxidation sites excluding steroid dienone is 2. The zero-order chi connectivity index (χ0) is 28.7. The van der Waals surface area contributed by atoms with Crippen LogP contribution in [0.4, 0.5) is 10.1 Å². The van der Waals surface area contributed by atoms with E-state index in [2.05, 4.69) is 36.5 Å². The molecule has 0 bridgehead atoms. The lowest BCUT2D eigenvalue weighted by atomic mass is 9.85. The molecule has 2 aromatic carbocycles. The van der Waals surface area contributed by atoms with Crippen molar-refractivity contribution in [3.8, 4) is 5.69 Å². The van der Waals surface area contributed by atoms with Gasteiger partial charge in [-0.2, -0.15) is 0 Å². The number of amides is 3. The first-order valence-corrected chi connectivity index (χ1v) is 14.6. The molecule has 1 aromatic heterocycles. The van der Waals surface area contributed by atoms with Crippen LogP contribution >= 0.6 is 15.9 Å². The minimum atomic E-state index is -0.387. The van der Waals surface area contributed by atoms with Gasteiger partial charge in [-0.15, -0.1) is 5.10 Å². The minimum absolute atomic E-state index is 0.0000380. The number of carbonyl (C=O) groups excluding carboxylic acids is 3. The van der Waals surface area contributed by atoms with Crippen LogP contribution in [0.1, 0.15) is 47.3 Å². The summed E-state index contributed by atoms with van der Waals surface area (Å²) in [5.74, 6) is -1.61. The predicted molar refractivity (Wildman–Crippen MR) is 154 cm³/mol. The maximum atomic E-state index is 14.3. The Morgan fingerprint density at radius 1 is 1.02 bits per heavy atom. The largest absolute Gasteiger partial charge is 0.349 e. The average Bonchev–Trinajstić information content (AvgIpc) is 3.52. The van der Waals surface area contributed by atoms with Crippen molar-refractivity contribution >= 4 is 39.3 Å². The predicted octanol–water partition coefficient (Wildman–Crippen LogP) is 4.33. The average molecular weight is 622 g/mol. The molecule has 2 fully saturated rings. The van der Waals surface area contributed by atoms with E-state index in [0.717, 1.165) is 37.2 Å². The van der Waals surface area contributed by atoms with Crippen molar-refractivity contribution in [2.45, 2.75) is 45.2 Å². The lowest BCUT2D eigenvalue weighted by Gasteiger charge is -2.31. The summed E-state index contributed by atoms with van der Waals surface area (Å²) in [5, 5.41) is 11.4. The van der Waals surface area contributed by atoms with Gasteiger partial charge in [0.15, 0.2) is 0 Å².